The molecule has 0 aliphatic heterocycles. The predicted molar refractivity (Wildman–Crippen MR) is 120 cm³/mol. The smallest absolute Gasteiger partial charge is 0.381 e. The standard InChI is InChI=1S/C27H20NO/c1-17-7-3-5-9-20(17)25-14-13-22-24-16-23-19(15-26(24)29-27(22)28(25)2)12-11-18-8-4-6-10-21(18)23/h3-16H,1-2H3/q+1. The average Bonchev–Trinajstić information content (AvgIpc) is 3.12. The van der Waals surface area contributed by atoms with Gasteiger partial charge in [0.05, 0.1) is 5.39 Å². The Morgan fingerprint density at radius 1 is 0.655 bits per heavy atom. The molecule has 4 aromatic carbocycles. The minimum absolute atomic E-state index is 0.903. The van der Waals surface area contributed by atoms with Crippen molar-refractivity contribution < 1.29 is 8.98 Å². The Morgan fingerprint density at radius 2 is 1.45 bits per heavy atom. The third kappa shape index (κ3) is 2.32. The van der Waals surface area contributed by atoms with Crippen LogP contribution in [0.25, 0.3) is 54.9 Å². The molecule has 0 saturated heterocycles. The van der Waals surface area contributed by atoms with Crippen LogP contribution in [0.2, 0.25) is 0 Å². The molecule has 0 radical (unpaired) electrons. The van der Waals surface area contributed by atoms with Crippen molar-refractivity contribution in [2.75, 3.05) is 0 Å². The molecular formula is C27H20NO+. The van der Waals surface area contributed by atoms with Crippen molar-refractivity contribution in [3.05, 3.63) is 90.5 Å². The van der Waals surface area contributed by atoms with Gasteiger partial charge in [0, 0.05) is 17.0 Å². The normalized spacial score (nSPS) is 11.8. The van der Waals surface area contributed by atoms with Gasteiger partial charge in [0.15, 0.2) is 0 Å². The van der Waals surface area contributed by atoms with Crippen LogP contribution in [0.4, 0.5) is 0 Å². The van der Waals surface area contributed by atoms with Crippen molar-refractivity contribution >= 4 is 43.6 Å². The summed E-state index contributed by atoms with van der Waals surface area (Å²) in [6.07, 6.45) is 0. The molecule has 0 saturated carbocycles. The van der Waals surface area contributed by atoms with Gasteiger partial charge >= 0.3 is 5.71 Å². The fourth-order valence-electron chi connectivity index (χ4n) is 4.53. The largest absolute Gasteiger partial charge is 0.404 e. The number of furan rings is 1. The van der Waals surface area contributed by atoms with Crippen molar-refractivity contribution in [2.45, 2.75) is 6.92 Å². The van der Waals surface area contributed by atoms with Gasteiger partial charge in [0.1, 0.15) is 12.6 Å². The highest BCUT2D eigenvalue weighted by Gasteiger charge is 2.21. The van der Waals surface area contributed by atoms with Crippen LogP contribution in [0.5, 0.6) is 0 Å². The van der Waals surface area contributed by atoms with E-state index in [1.807, 2.05) is 0 Å². The SMILES string of the molecule is Cc1ccccc1-c1ccc2c3cc4c(ccc5ccccc54)cc3oc2[n+]1C. The summed E-state index contributed by atoms with van der Waals surface area (Å²) in [6, 6.07) is 30.3. The molecule has 2 nitrogen and oxygen atoms in total. The Labute approximate surface area is 168 Å². The summed E-state index contributed by atoms with van der Waals surface area (Å²) in [5, 5.41) is 7.33. The monoisotopic (exact) mass is 374 g/mol. The Bertz CT molecular complexity index is 1570. The fourth-order valence-corrected chi connectivity index (χ4v) is 4.53. The Morgan fingerprint density at radius 3 is 2.34 bits per heavy atom. The summed E-state index contributed by atoms with van der Waals surface area (Å²) < 4.78 is 8.54. The molecule has 0 spiro atoms. The summed E-state index contributed by atoms with van der Waals surface area (Å²) in [5.74, 6) is 0. The first-order valence-corrected chi connectivity index (χ1v) is 9.93. The van der Waals surface area contributed by atoms with E-state index in [4.69, 9.17) is 4.42 Å². The number of hydrogen-bond acceptors (Lipinski definition) is 1. The molecule has 138 valence electrons. The number of aromatic nitrogens is 1. The lowest BCUT2D eigenvalue weighted by Crippen LogP contribution is -2.31. The summed E-state index contributed by atoms with van der Waals surface area (Å²) in [7, 11) is 2.08. The maximum Gasteiger partial charge on any atom is 0.381 e. The Hall–Kier alpha value is -3.65. The van der Waals surface area contributed by atoms with E-state index in [2.05, 4.69) is 103 Å². The molecule has 0 N–H and O–H groups in total. The zero-order valence-electron chi connectivity index (χ0n) is 16.4. The highest BCUT2D eigenvalue weighted by Crippen LogP contribution is 2.35. The minimum atomic E-state index is 0.903. The molecule has 0 atom stereocenters. The molecule has 0 bridgehead atoms. The number of nitrogens with zero attached hydrogens (tertiary/aromatic N) is 1. The summed E-state index contributed by atoms with van der Waals surface area (Å²) in [4.78, 5) is 0. The second-order valence-corrected chi connectivity index (χ2v) is 7.77. The molecule has 29 heavy (non-hydrogen) atoms. The van der Waals surface area contributed by atoms with E-state index >= 15 is 0 Å². The van der Waals surface area contributed by atoms with E-state index in [0.717, 1.165) is 27.8 Å². The van der Waals surface area contributed by atoms with E-state index < -0.39 is 0 Å². The zero-order chi connectivity index (χ0) is 19.5. The highest BCUT2D eigenvalue weighted by molar-refractivity contribution is 6.15. The Kier molecular flexibility index (Phi) is 3.33. The number of pyridine rings is 1. The first-order valence-electron chi connectivity index (χ1n) is 9.93. The minimum Gasteiger partial charge on any atom is -0.404 e. The van der Waals surface area contributed by atoms with Crippen LogP contribution in [-0.2, 0) is 7.05 Å². The molecule has 2 heteroatoms. The van der Waals surface area contributed by atoms with Crippen LogP contribution in [0, 0.1) is 6.92 Å². The molecule has 6 rings (SSSR count). The van der Waals surface area contributed by atoms with Crippen molar-refractivity contribution in [2.24, 2.45) is 7.05 Å². The number of fused-ring (bicyclic) bond motifs is 6. The third-order valence-electron chi connectivity index (χ3n) is 6.07. The number of benzene rings is 4. The quantitative estimate of drug-likeness (QED) is 0.231. The molecular weight excluding hydrogens is 354 g/mol. The second-order valence-electron chi connectivity index (χ2n) is 7.77. The number of aryl methyl sites for hydroxylation is 2. The van der Waals surface area contributed by atoms with Crippen molar-refractivity contribution in [1.82, 2.24) is 0 Å². The van der Waals surface area contributed by atoms with Gasteiger partial charge in [0.2, 0.25) is 5.69 Å². The first-order chi connectivity index (χ1) is 14.2. The van der Waals surface area contributed by atoms with Gasteiger partial charge in [-0.3, -0.25) is 0 Å². The number of rotatable bonds is 1. The zero-order valence-corrected chi connectivity index (χ0v) is 16.4. The average molecular weight is 374 g/mol. The fraction of sp³-hybridized carbons (Fsp3) is 0.0741. The lowest BCUT2D eigenvalue weighted by Gasteiger charge is -2.04. The van der Waals surface area contributed by atoms with Gasteiger partial charge in [-0.2, -0.15) is 4.57 Å². The van der Waals surface area contributed by atoms with Crippen molar-refractivity contribution in [3.63, 3.8) is 0 Å². The lowest BCUT2D eigenvalue weighted by atomic mass is 10.00. The summed E-state index contributed by atoms with van der Waals surface area (Å²) in [6.45, 7) is 2.15. The van der Waals surface area contributed by atoms with Gasteiger partial charge in [-0.25, -0.2) is 0 Å². The predicted octanol–water partition coefficient (Wildman–Crippen LogP) is 6.69. The topological polar surface area (TPSA) is 17.0 Å². The molecule has 0 fully saturated rings. The lowest BCUT2D eigenvalue weighted by molar-refractivity contribution is -0.640. The first kappa shape index (κ1) is 16.3. The van der Waals surface area contributed by atoms with Gasteiger partial charge in [-0.15, -0.1) is 0 Å². The van der Waals surface area contributed by atoms with Crippen LogP contribution < -0.4 is 4.57 Å². The van der Waals surface area contributed by atoms with Gasteiger partial charge < -0.3 is 4.42 Å². The highest BCUT2D eigenvalue weighted by atomic mass is 16.3. The summed E-state index contributed by atoms with van der Waals surface area (Å²) >= 11 is 0. The third-order valence-corrected chi connectivity index (χ3v) is 6.07. The van der Waals surface area contributed by atoms with Crippen LogP contribution in [0.15, 0.2) is 89.3 Å². The van der Waals surface area contributed by atoms with Crippen molar-refractivity contribution in [1.29, 1.82) is 0 Å². The van der Waals surface area contributed by atoms with Crippen LogP contribution in [-0.4, -0.2) is 0 Å². The van der Waals surface area contributed by atoms with E-state index in [0.29, 0.717) is 0 Å². The second kappa shape index (κ2) is 5.92. The van der Waals surface area contributed by atoms with Gasteiger partial charge in [-0.05, 0) is 58.3 Å². The molecule has 0 aliphatic carbocycles. The maximum absolute atomic E-state index is 6.37. The molecule has 0 unspecified atom stereocenters. The molecule has 2 aromatic heterocycles. The molecule has 2 heterocycles. The maximum atomic E-state index is 6.37. The Balaban J connectivity index is 1.69. The van der Waals surface area contributed by atoms with E-state index in [-0.39, 0.29) is 0 Å². The van der Waals surface area contributed by atoms with Crippen molar-refractivity contribution in [3.8, 4) is 11.3 Å². The molecule has 0 aliphatic rings. The van der Waals surface area contributed by atoms with Crippen LogP contribution in [0.3, 0.4) is 0 Å². The summed E-state index contributed by atoms with van der Waals surface area (Å²) in [5.41, 5.74) is 5.48. The molecule has 6 aromatic rings. The molecule has 0 amide bonds. The van der Waals surface area contributed by atoms with E-state index in [9.17, 15) is 0 Å². The van der Waals surface area contributed by atoms with E-state index in [1.165, 1.54) is 32.7 Å². The van der Waals surface area contributed by atoms with Crippen LogP contribution in [0.1, 0.15) is 5.56 Å². The van der Waals surface area contributed by atoms with Crippen LogP contribution >= 0.6 is 0 Å². The number of hydrogen-bond donors (Lipinski definition) is 0. The van der Waals surface area contributed by atoms with Gasteiger partial charge in [0.25, 0.3) is 0 Å². The van der Waals surface area contributed by atoms with E-state index in [1.54, 1.807) is 0 Å². The van der Waals surface area contributed by atoms with Gasteiger partial charge in [-0.1, -0.05) is 54.6 Å².